The standard InChI is InChI=1S/C54H104O6/c1-5-8-10-12-13-14-15-16-17-18-19-20-21-25-28-31-34-38-42-46-53(56)59-49-51(48-58-52(55)45-41-36-11-9-6-2)60-54(57)47-43-39-35-32-29-26-23-22-24-27-30-33-37-40-44-50(4)7-3/h50-51H,5-49H2,1-4H3/t50?,51-/m1/s1. The van der Waals surface area contributed by atoms with Gasteiger partial charge in [-0.15, -0.1) is 0 Å². The van der Waals surface area contributed by atoms with Gasteiger partial charge in [-0.3, -0.25) is 14.4 Å². The molecule has 356 valence electrons. The second-order valence-corrected chi connectivity index (χ2v) is 18.8. The summed E-state index contributed by atoms with van der Waals surface area (Å²) in [7, 11) is 0. The van der Waals surface area contributed by atoms with Crippen molar-refractivity contribution in [3.63, 3.8) is 0 Å². The number of hydrogen-bond acceptors (Lipinski definition) is 6. The molecule has 0 saturated heterocycles. The van der Waals surface area contributed by atoms with Crippen LogP contribution in [0.3, 0.4) is 0 Å². The van der Waals surface area contributed by atoms with Gasteiger partial charge in [-0.25, -0.2) is 0 Å². The summed E-state index contributed by atoms with van der Waals surface area (Å²) in [5.41, 5.74) is 0. The lowest BCUT2D eigenvalue weighted by Crippen LogP contribution is -2.30. The van der Waals surface area contributed by atoms with E-state index in [4.69, 9.17) is 14.2 Å². The normalized spacial score (nSPS) is 12.4. The second-order valence-electron chi connectivity index (χ2n) is 18.8. The minimum Gasteiger partial charge on any atom is -0.462 e. The van der Waals surface area contributed by atoms with Crippen LogP contribution < -0.4 is 0 Å². The predicted molar refractivity (Wildman–Crippen MR) is 257 cm³/mol. The monoisotopic (exact) mass is 849 g/mol. The highest BCUT2D eigenvalue weighted by Crippen LogP contribution is 2.18. The van der Waals surface area contributed by atoms with Crippen molar-refractivity contribution in [2.24, 2.45) is 5.92 Å². The summed E-state index contributed by atoms with van der Waals surface area (Å²) in [6.45, 7) is 9.00. The number of rotatable bonds is 49. The zero-order chi connectivity index (χ0) is 43.8. The van der Waals surface area contributed by atoms with E-state index in [0.717, 1.165) is 70.1 Å². The summed E-state index contributed by atoms with van der Waals surface area (Å²) in [6.07, 6.45) is 51.2. The van der Waals surface area contributed by atoms with Gasteiger partial charge in [0.25, 0.3) is 0 Å². The highest BCUT2D eigenvalue weighted by molar-refractivity contribution is 5.71. The Hall–Kier alpha value is -1.59. The Morgan fingerprint density at radius 1 is 0.333 bits per heavy atom. The van der Waals surface area contributed by atoms with Crippen LogP contribution >= 0.6 is 0 Å². The van der Waals surface area contributed by atoms with Crippen LogP contribution in [0.4, 0.5) is 0 Å². The summed E-state index contributed by atoms with van der Waals surface area (Å²) in [5, 5.41) is 0. The third kappa shape index (κ3) is 45.9. The van der Waals surface area contributed by atoms with Crippen molar-refractivity contribution in [1.82, 2.24) is 0 Å². The predicted octanol–water partition coefficient (Wildman–Crippen LogP) is 17.5. The molecule has 0 spiro atoms. The second kappa shape index (κ2) is 48.4. The zero-order valence-electron chi connectivity index (χ0n) is 40.9. The molecule has 0 radical (unpaired) electrons. The first kappa shape index (κ1) is 58.4. The maximum absolute atomic E-state index is 12.7. The maximum Gasteiger partial charge on any atom is 0.306 e. The fourth-order valence-corrected chi connectivity index (χ4v) is 8.19. The Balaban J connectivity index is 4.08. The van der Waals surface area contributed by atoms with E-state index in [1.165, 1.54) is 193 Å². The molecule has 0 N–H and O–H groups in total. The van der Waals surface area contributed by atoms with Gasteiger partial charge in [0.1, 0.15) is 13.2 Å². The van der Waals surface area contributed by atoms with Crippen LogP contribution in [0.25, 0.3) is 0 Å². The van der Waals surface area contributed by atoms with Crippen LogP contribution in [0, 0.1) is 5.92 Å². The van der Waals surface area contributed by atoms with Crippen molar-refractivity contribution in [2.75, 3.05) is 13.2 Å². The molecule has 6 heteroatoms. The molecule has 0 fully saturated rings. The van der Waals surface area contributed by atoms with Gasteiger partial charge in [0.2, 0.25) is 0 Å². The van der Waals surface area contributed by atoms with Gasteiger partial charge in [-0.2, -0.15) is 0 Å². The Kier molecular flexibility index (Phi) is 47.2. The first-order valence-electron chi connectivity index (χ1n) is 26.9. The number of ether oxygens (including phenoxy) is 3. The van der Waals surface area contributed by atoms with Crippen molar-refractivity contribution in [1.29, 1.82) is 0 Å². The smallest absolute Gasteiger partial charge is 0.306 e. The van der Waals surface area contributed by atoms with E-state index < -0.39 is 6.10 Å². The summed E-state index contributed by atoms with van der Waals surface area (Å²) in [6, 6.07) is 0. The lowest BCUT2D eigenvalue weighted by Gasteiger charge is -2.18. The van der Waals surface area contributed by atoms with Gasteiger partial charge in [-0.1, -0.05) is 265 Å². The number of esters is 3. The molecule has 0 rings (SSSR count). The molecule has 0 aliphatic rings. The van der Waals surface area contributed by atoms with Gasteiger partial charge in [0.15, 0.2) is 6.10 Å². The average Bonchev–Trinajstić information content (AvgIpc) is 3.24. The van der Waals surface area contributed by atoms with Crippen LogP contribution in [-0.4, -0.2) is 37.2 Å². The van der Waals surface area contributed by atoms with E-state index in [2.05, 4.69) is 27.7 Å². The van der Waals surface area contributed by atoms with Crippen molar-refractivity contribution in [3.05, 3.63) is 0 Å². The third-order valence-corrected chi connectivity index (χ3v) is 12.7. The van der Waals surface area contributed by atoms with Crippen LogP contribution in [0.15, 0.2) is 0 Å². The largest absolute Gasteiger partial charge is 0.462 e. The number of hydrogen-bond donors (Lipinski definition) is 0. The van der Waals surface area contributed by atoms with E-state index in [0.29, 0.717) is 19.3 Å². The quantitative estimate of drug-likeness (QED) is 0.0345. The lowest BCUT2D eigenvalue weighted by atomic mass is 9.99. The third-order valence-electron chi connectivity index (χ3n) is 12.7. The van der Waals surface area contributed by atoms with Crippen LogP contribution in [0.2, 0.25) is 0 Å². The van der Waals surface area contributed by atoms with Gasteiger partial charge in [0, 0.05) is 19.3 Å². The number of carbonyl (C=O) groups excluding carboxylic acids is 3. The minimum atomic E-state index is -0.759. The highest BCUT2D eigenvalue weighted by Gasteiger charge is 2.19. The molecule has 0 aromatic rings. The molecule has 1 unspecified atom stereocenters. The molecule has 0 bridgehead atoms. The van der Waals surface area contributed by atoms with E-state index in [-0.39, 0.29) is 31.1 Å². The zero-order valence-corrected chi connectivity index (χ0v) is 40.9. The molecular weight excluding hydrogens is 745 g/mol. The molecule has 2 atom stereocenters. The number of carbonyl (C=O) groups is 3. The van der Waals surface area contributed by atoms with Crippen molar-refractivity contribution in [3.8, 4) is 0 Å². The molecule has 6 nitrogen and oxygen atoms in total. The molecular formula is C54H104O6. The van der Waals surface area contributed by atoms with Crippen molar-refractivity contribution < 1.29 is 28.6 Å². The molecule has 0 aromatic heterocycles. The van der Waals surface area contributed by atoms with Crippen LogP contribution in [0.1, 0.15) is 304 Å². The fourth-order valence-electron chi connectivity index (χ4n) is 8.19. The molecule has 0 saturated carbocycles. The van der Waals surface area contributed by atoms with E-state index in [1.807, 2.05) is 0 Å². The molecule has 60 heavy (non-hydrogen) atoms. The van der Waals surface area contributed by atoms with Crippen LogP contribution in [-0.2, 0) is 28.6 Å². The first-order chi connectivity index (χ1) is 29.4. The summed E-state index contributed by atoms with van der Waals surface area (Å²) < 4.78 is 16.7. The molecule has 0 aliphatic carbocycles. The van der Waals surface area contributed by atoms with E-state index in [9.17, 15) is 14.4 Å². The SMILES string of the molecule is CCCCCCCCCCCCCCCCCCCCCC(=O)OC[C@@H](COC(=O)CCCCCCC)OC(=O)CCCCCCCCCCCCCCCCC(C)CC. The summed E-state index contributed by atoms with van der Waals surface area (Å²) in [5.74, 6) is 0.0373. The summed E-state index contributed by atoms with van der Waals surface area (Å²) in [4.78, 5) is 37.7. The molecule has 0 heterocycles. The first-order valence-corrected chi connectivity index (χ1v) is 26.9. The van der Waals surface area contributed by atoms with E-state index >= 15 is 0 Å². The Morgan fingerprint density at radius 2 is 0.583 bits per heavy atom. The minimum absolute atomic E-state index is 0.0636. The van der Waals surface area contributed by atoms with Gasteiger partial charge in [-0.05, 0) is 25.2 Å². The van der Waals surface area contributed by atoms with Gasteiger partial charge in [0.05, 0.1) is 0 Å². The van der Waals surface area contributed by atoms with E-state index in [1.54, 1.807) is 0 Å². The Morgan fingerprint density at radius 3 is 0.867 bits per heavy atom. The number of unbranched alkanes of at least 4 members (excludes halogenated alkanes) is 35. The maximum atomic E-state index is 12.7. The average molecular weight is 849 g/mol. The highest BCUT2D eigenvalue weighted by atomic mass is 16.6. The molecule has 0 aromatic carbocycles. The topological polar surface area (TPSA) is 78.9 Å². The molecule has 0 aliphatic heterocycles. The molecule has 0 amide bonds. The Labute approximate surface area is 374 Å². The summed E-state index contributed by atoms with van der Waals surface area (Å²) >= 11 is 0. The van der Waals surface area contributed by atoms with Crippen molar-refractivity contribution >= 4 is 17.9 Å². The fraction of sp³-hybridized carbons (Fsp3) is 0.944. The van der Waals surface area contributed by atoms with Gasteiger partial charge >= 0.3 is 17.9 Å². The lowest BCUT2D eigenvalue weighted by molar-refractivity contribution is -0.167. The Bertz CT molecular complexity index is 905. The van der Waals surface area contributed by atoms with Crippen LogP contribution in [0.5, 0.6) is 0 Å². The van der Waals surface area contributed by atoms with Crippen molar-refractivity contribution in [2.45, 2.75) is 310 Å². The van der Waals surface area contributed by atoms with Gasteiger partial charge < -0.3 is 14.2 Å².